The summed E-state index contributed by atoms with van der Waals surface area (Å²) >= 11 is 7.15. The topological polar surface area (TPSA) is 33.6 Å². The summed E-state index contributed by atoms with van der Waals surface area (Å²) in [5.41, 5.74) is 2.79. The van der Waals surface area contributed by atoms with Crippen LogP contribution in [-0.4, -0.2) is 14.8 Å². The Kier molecular flexibility index (Phi) is 3.11. The van der Waals surface area contributed by atoms with Crippen LogP contribution in [0.3, 0.4) is 0 Å². The molecule has 0 bridgehead atoms. The first kappa shape index (κ1) is 12.1. The fourth-order valence-corrected chi connectivity index (χ4v) is 4.19. The lowest BCUT2D eigenvalue weighted by Crippen LogP contribution is -2.09. The van der Waals surface area contributed by atoms with E-state index in [-0.39, 0.29) is 0 Å². The third-order valence-electron chi connectivity index (χ3n) is 3.72. The number of nitrogens with zero attached hydrogens (tertiary/aromatic N) is 2. The first-order valence-electron chi connectivity index (χ1n) is 6.45. The van der Waals surface area contributed by atoms with E-state index >= 15 is 0 Å². The molecule has 0 saturated carbocycles. The van der Waals surface area contributed by atoms with Gasteiger partial charge in [0.2, 0.25) is 0 Å². The van der Waals surface area contributed by atoms with Gasteiger partial charge in [0, 0.05) is 22.4 Å². The van der Waals surface area contributed by atoms with E-state index in [0.717, 1.165) is 23.1 Å². The van der Waals surface area contributed by atoms with Gasteiger partial charge in [-0.2, -0.15) is 5.10 Å². The molecule has 1 aliphatic carbocycles. The molecule has 2 aromatic rings. The molecule has 0 radical (unpaired) electrons. The van der Waals surface area contributed by atoms with Crippen molar-refractivity contribution in [2.24, 2.45) is 5.92 Å². The summed E-state index contributed by atoms with van der Waals surface area (Å²) < 4.78 is 2.80. The van der Waals surface area contributed by atoms with Crippen molar-refractivity contribution in [3.63, 3.8) is 0 Å². The van der Waals surface area contributed by atoms with Crippen molar-refractivity contribution in [1.82, 2.24) is 14.8 Å². The van der Waals surface area contributed by atoms with E-state index in [1.165, 1.54) is 30.4 Å². The molecule has 0 amide bonds. The number of rotatable bonds is 2. The van der Waals surface area contributed by atoms with Crippen LogP contribution in [-0.2, 0) is 19.4 Å². The summed E-state index contributed by atoms with van der Waals surface area (Å²) in [4.78, 5) is 1.54. The number of fused-ring (bicyclic) bond motifs is 1. The van der Waals surface area contributed by atoms with Crippen molar-refractivity contribution < 1.29 is 0 Å². The van der Waals surface area contributed by atoms with E-state index in [9.17, 15) is 0 Å². The lowest BCUT2D eigenvalue weighted by Gasteiger charge is -2.18. The molecule has 0 spiro atoms. The Morgan fingerprint density at radius 3 is 3.22 bits per heavy atom. The Balaban J connectivity index is 2.10. The second kappa shape index (κ2) is 4.63. The summed E-state index contributed by atoms with van der Waals surface area (Å²) in [6, 6.07) is 0. The van der Waals surface area contributed by atoms with E-state index in [0.29, 0.717) is 0 Å². The highest BCUT2D eigenvalue weighted by Gasteiger charge is 2.22. The number of nitrogens with one attached hydrogen (secondary N) is 1. The van der Waals surface area contributed by atoms with E-state index in [2.05, 4.69) is 34.0 Å². The van der Waals surface area contributed by atoms with Crippen molar-refractivity contribution in [2.45, 2.75) is 39.7 Å². The van der Waals surface area contributed by atoms with Gasteiger partial charge >= 0.3 is 0 Å². The molecule has 0 aromatic carbocycles. The molecule has 0 unspecified atom stereocenters. The summed E-state index contributed by atoms with van der Waals surface area (Å²) in [6.45, 7) is 5.31. The van der Waals surface area contributed by atoms with Crippen LogP contribution in [0.5, 0.6) is 0 Å². The van der Waals surface area contributed by atoms with Gasteiger partial charge in [0.05, 0.1) is 0 Å². The van der Waals surface area contributed by atoms with Gasteiger partial charge in [-0.1, -0.05) is 6.92 Å². The molecule has 3 nitrogen and oxygen atoms in total. The van der Waals surface area contributed by atoms with Crippen LogP contribution in [0.2, 0.25) is 0 Å². The minimum atomic E-state index is 0.719. The zero-order valence-electron chi connectivity index (χ0n) is 10.7. The molecule has 2 aromatic heterocycles. The fourth-order valence-electron chi connectivity index (χ4n) is 2.68. The van der Waals surface area contributed by atoms with Crippen molar-refractivity contribution in [2.75, 3.05) is 0 Å². The molecule has 0 fully saturated rings. The largest absolute Gasteiger partial charge is 0.300 e. The van der Waals surface area contributed by atoms with Gasteiger partial charge in [0.25, 0.3) is 0 Å². The average molecular weight is 279 g/mol. The molecule has 1 aliphatic rings. The number of hydrogen-bond acceptors (Lipinski definition) is 3. The molecular weight excluding hydrogens is 262 g/mol. The molecule has 1 atom stereocenters. The predicted molar refractivity (Wildman–Crippen MR) is 77.6 cm³/mol. The van der Waals surface area contributed by atoms with Crippen LogP contribution in [0.1, 0.15) is 30.7 Å². The molecule has 18 heavy (non-hydrogen) atoms. The SMILES string of the molecule is CCn1c(-c2csc3c2CC[C@@H](C)C3)n[nH]c1=S. The smallest absolute Gasteiger partial charge is 0.195 e. The number of aromatic amines is 1. The molecule has 5 heteroatoms. The molecule has 96 valence electrons. The van der Waals surface area contributed by atoms with Crippen molar-refractivity contribution >= 4 is 23.6 Å². The lowest BCUT2D eigenvalue weighted by molar-refractivity contribution is 0.508. The van der Waals surface area contributed by atoms with Crippen LogP contribution in [0.25, 0.3) is 11.4 Å². The van der Waals surface area contributed by atoms with Gasteiger partial charge in [0.1, 0.15) is 0 Å². The summed E-state index contributed by atoms with van der Waals surface area (Å²) in [7, 11) is 0. The number of H-pyrrole nitrogens is 1. The monoisotopic (exact) mass is 279 g/mol. The van der Waals surface area contributed by atoms with Crippen LogP contribution >= 0.6 is 23.6 Å². The van der Waals surface area contributed by atoms with Crippen molar-refractivity contribution in [3.05, 3.63) is 20.6 Å². The Labute approximate surface area is 116 Å². The minimum Gasteiger partial charge on any atom is -0.300 e. The highest BCUT2D eigenvalue weighted by molar-refractivity contribution is 7.71. The zero-order valence-corrected chi connectivity index (χ0v) is 12.3. The summed E-state index contributed by atoms with van der Waals surface area (Å²) in [5.74, 6) is 1.82. The average Bonchev–Trinajstić information content (AvgIpc) is 2.91. The van der Waals surface area contributed by atoms with Crippen molar-refractivity contribution in [3.8, 4) is 11.4 Å². The number of hydrogen-bond donors (Lipinski definition) is 1. The standard InChI is InChI=1S/C13H17N3S2/c1-3-16-12(14-15-13(16)17)10-7-18-11-6-8(2)4-5-9(10)11/h7-8H,3-6H2,1-2H3,(H,15,17)/t8-/m1/s1. The van der Waals surface area contributed by atoms with E-state index < -0.39 is 0 Å². The third kappa shape index (κ3) is 1.86. The maximum atomic E-state index is 5.27. The first-order chi connectivity index (χ1) is 8.70. The second-order valence-electron chi connectivity index (χ2n) is 5.00. The maximum Gasteiger partial charge on any atom is 0.195 e. The molecule has 1 N–H and O–H groups in total. The highest BCUT2D eigenvalue weighted by atomic mass is 32.1. The summed E-state index contributed by atoms with van der Waals surface area (Å²) in [5, 5.41) is 9.57. The van der Waals surface area contributed by atoms with Crippen LogP contribution in [0.4, 0.5) is 0 Å². The zero-order chi connectivity index (χ0) is 12.7. The van der Waals surface area contributed by atoms with E-state index in [4.69, 9.17) is 12.2 Å². The number of aromatic nitrogens is 3. The van der Waals surface area contributed by atoms with Crippen molar-refractivity contribution in [1.29, 1.82) is 0 Å². The van der Waals surface area contributed by atoms with Gasteiger partial charge in [0.15, 0.2) is 10.6 Å². The molecule has 0 saturated heterocycles. The van der Waals surface area contributed by atoms with Gasteiger partial charge in [-0.05, 0) is 49.9 Å². The molecule has 0 aliphatic heterocycles. The van der Waals surface area contributed by atoms with Gasteiger partial charge in [-0.3, -0.25) is 5.10 Å². The molecule has 3 rings (SSSR count). The van der Waals surface area contributed by atoms with Crippen LogP contribution < -0.4 is 0 Å². The van der Waals surface area contributed by atoms with E-state index in [1.807, 2.05) is 11.3 Å². The van der Waals surface area contributed by atoms with Crippen LogP contribution in [0.15, 0.2) is 5.38 Å². The Hall–Kier alpha value is -0.940. The van der Waals surface area contributed by atoms with Gasteiger partial charge in [-0.25, -0.2) is 0 Å². The minimum absolute atomic E-state index is 0.719. The number of thiophene rings is 1. The Morgan fingerprint density at radius 1 is 1.61 bits per heavy atom. The first-order valence-corrected chi connectivity index (χ1v) is 7.74. The fraction of sp³-hybridized carbons (Fsp3) is 0.538. The summed E-state index contributed by atoms with van der Waals surface area (Å²) in [6.07, 6.45) is 3.68. The highest BCUT2D eigenvalue weighted by Crippen LogP contribution is 2.37. The molecule has 2 heterocycles. The van der Waals surface area contributed by atoms with Gasteiger partial charge < -0.3 is 4.57 Å². The van der Waals surface area contributed by atoms with Crippen LogP contribution in [0, 0.1) is 10.7 Å². The second-order valence-corrected chi connectivity index (χ2v) is 6.35. The normalized spacial score (nSPS) is 18.9. The predicted octanol–water partition coefficient (Wildman–Crippen LogP) is 3.81. The maximum absolute atomic E-state index is 5.27. The molecular formula is C13H17N3S2. The van der Waals surface area contributed by atoms with E-state index in [1.54, 1.807) is 4.88 Å². The Bertz CT molecular complexity index is 620. The lowest BCUT2D eigenvalue weighted by atomic mass is 9.88. The quantitative estimate of drug-likeness (QED) is 0.848. The van der Waals surface area contributed by atoms with Gasteiger partial charge in [-0.15, -0.1) is 11.3 Å². The third-order valence-corrected chi connectivity index (χ3v) is 5.08. The Morgan fingerprint density at radius 2 is 2.44 bits per heavy atom.